The molecule has 16 heavy (non-hydrogen) atoms. The zero-order chi connectivity index (χ0) is 12.9. The molecule has 0 aromatic carbocycles. The van der Waals surface area contributed by atoms with Crippen LogP contribution >= 0.6 is 0 Å². The van der Waals surface area contributed by atoms with E-state index in [-0.39, 0.29) is 0 Å². The molecule has 6 N–H and O–H groups in total. The molecule has 3 atom stereocenters. The van der Waals surface area contributed by atoms with Crippen molar-refractivity contribution in [3.63, 3.8) is 0 Å². The molecular weight excluding hydrogens is 226 g/mol. The topological polar surface area (TPSA) is 167 Å². The Morgan fingerprint density at radius 2 is 1.56 bits per heavy atom. The molecule has 0 aromatic heterocycles. The van der Waals surface area contributed by atoms with E-state index in [2.05, 4.69) is 4.74 Å². The van der Waals surface area contributed by atoms with E-state index in [4.69, 9.17) is 26.2 Å². The Balaban J connectivity index is 4.16. The van der Waals surface area contributed by atoms with Crippen molar-refractivity contribution in [1.29, 1.82) is 0 Å². The SMILES string of the molecule is NC(COC(=O)C(O)C(O)C(=O)O)C(=O)O. The van der Waals surface area contributed by atoms with Crippen LogP contribution in [0.1, 0.15) is 0 Å². The fraction of sp³-hybridized carbons (Fsp3) is 0.571. The van der Waals surface area contributed by atoms with Crippen molar-refractivity contribution in [2.75, 3.05) is 6.61 Å². The number of carbonyl (C=O) groups is 3. The van der Waals surface area contributed by atoms with Gasteiger partial charge in [0.15, 0.2) is 12.2 Å². The number of aliphatic hydroxyl groups excluding tert-OH is 2. The van der Waals surface area contributed by atoms with Gasteiger partial charge in [-0.1, -0.05) is 0 Å². The van der Waals surface area contributed by atoms with Gasteiger partial charge in [0.05, 0.1) is 0 Å². The molecule has 0 saturated heterocycles. The second kappa shape index (κ2) is 6.00. The number of carboxylic acids is 2. The van der Waals surface area contributed by atoms with Crippen molar-refractivity contribution in [3.8, 4) is 0 Å². The lowest BCUT2D eigenvalue weighted by atomic mass is 10.2. The van der Waals surface area contributed by atoms with Crippen LogP contribution in [-0.2, 0) is 19.1 Å². The van der Waals surface area contributed by atoms with Gasteiger partial charge in [-0.15, -0.1) is 0 Å². The molecule has 0 bridgehead atoms. The zero-order valence-electron chi connectivity index (χ0n) is 7.94. The minimum absolute atomic E-state index is 0.739. The number of aliphatic carboxylic acids is 2. The Bertz CT molecular complexity index is 290. The molecule has 0 heterocycles. The van der Waals surface area contributed by atoms with E-state index in [1.54, 1.807) is 0 Å². The van der Waals surface area contributed by atoms with Crippen LogP contribution in [0.2, 0.25) is 0 Å². The molecule has 0 aliphatic rings. The summed E-state index contributed by atoms with van der Waals surface area (Å²) in [5.41, 5.74) is 4.96. The van der Waals surface area contributed by atoms with Crippen LogP contribution in [-0.4, -0.2) is 63.2 Å². The van der Waals surface area contributed by atoms with E-state index in [1.165, 1.54) is 0 Å². The van der Waals surface area contributed by atoms with Crippen LogP contribution in [0.15, 0.2) is 0 Å². The smallest absolute Gasteiger partial charge is 0.338 e. The highest BCUT2D eigenvalue weighted by Gasteiger charge is 2.31. The molecular formula is C7H11NO8. The summed E-state index contributed by atoms with van der Waals surface area (Å²) in [5, 5.41) is 34.2. The number of aliphatic hydroxyl groups is 2. The van der Waals surface area contributed by atoms with Crippen molar-refractivity contribution in [2.24, 2.45) is 5.73 Å². The minimum Gasteiger partial charge on any atom is -0.480 e. The first-order chi connectivity index (χ1) is 7.27. The van der Waals surface area contributed by atoms with Gasteiger partial charge in [0.25, 0.3) is 0 Å². The third-order valence-electron chi connectivity index (χ3n) is 1.52. The maximum atomic E-state index is 10.9. The van der Waals surface area contributed by atoms with Crippen LogP contribution in [0.3, 0.4) is 0 Å². The molecule has 0 radical (unpaired) electrons. The summed E-state index contributed by atoms with van der Waals surface area (Å²) >= 11 is 0. The van der Waals surface area contributed by atoms with Gasteiger partial charge in [-0.3, -0.25) is 4.79 Å². The monoisotopic (exact) mass is 237 g/mol. The van der Waals surface area contributed by atoms with Crippen LogP contribution in [0.25, 0.3) is 0 Å². The maximum Gasteiger partial charge on any atom is 0.338 e. The van der Waals surface area contributed by atoms with Gasteiger partial charge in [-0.2, -0.15) is 0 Å². The maximum absolute atomic E-state index is 10.9. The number of rotatable bonds is 6. The first-order valence-electron chi connectivity index (χ1n) is 4.01. The first kappa shape index (κ1) is 14.3. The third kappa shape index (κ3) is 4.21. The fourth-order valence-corrected chi connectivity index (χ4v) is 0.593. The summed E-state index contributed by atoms with van der Waals surface area (Å²) in [6.07, 6.45) is -4.63. The number of carboxylic acid groups (broad SMARTS) is 2. The highest BCUT2D eigenvalue weighted by molar-refractivity contribution is 5.84. The Kier molecular flexibility index (Phi) is 5.36. The molecule has 0 fully saturated rings. The van der Waals surface area contributed by atoms with Crippen molar-refractivity contribution in [3.05, 3.63) is 0 Å². The predicted octanol–water partition coefficient (Wildman–Crippen LogP) is -3.25. The van der Waals surface area contributed by atoms with E-state index >= 15 is 0 Å². The summed E-state index contributed by atoms with van der Waals surface area (Å²) in [4.78, 5) is 31.2. The lowest BCUT2D eigenvalue weighted by Crippen LogP contribution is -2.43. The molecule has 0 aliphatic carbocycles. The Labute approximate surface area is 89.0 Å². The molecule has 0 aromatic rings. The van der Waals surface area contributed by atoms with E-state index in [9.17, 15) is 14.4 Å². The lowest BCUT2D eigenvalue weighted by Gasteiger charge is -2.14. The second-order valence-electron chi connectivity index (χ2n) is 2.80. The average Bonchev–Trinajstić information content (AvgIpc) is 2.22. The van der Waals surface area contributed by atoms with E-state index in [0.29, 0.717) is 0 Å². The van der Waals surface area contributed by atoms with Crippen LogP contribution < -0.4 is 5.73 Å². The second-order valence-corrected chi connectivity index (χ2v) is 2.80. The van der Waals surface area contributed by atoms with Gasteiger partial charge in [-0.25, -0.2) is 9.59 Å². The Hall–Kier alpha value is -1.71. The largest absolute Gasteiger partial charge is 0.480 e. The van der Waals surface area contributed by atoms with Gasteiger partial charge in [0.2, 0.25) is 0 Å². The van der Waals surface area contributed by atoms with E-state index in [1.807, 2.05) is 0 Å². The van der Waals surface area contributed by atoms with Crippen LogP contribution in [0.5, 0.6) is 0 Å². The highest BCUT2D eigenvalue weighted by atomic mass is 16.6. The Morgan fingerprint density at radius 3 is 1.94 bits per heavy atom. The number of esters is 1. The number of carbonyl (C=O) groups excluding carboxylic acids is 1. The molecule has 0 aliphatic heterocycles. The van der Waals surface area contributed by atoms with E-state index in [0.717, 1.165) is 0 Å². The quantitative estimate of drug-likeness (QED) is 0.298. The molecule has 92 valence electrons. The molecule has 9 nitrogen and oxygen atoms in total. The van der Waals surface area contributed by atoms with Crippen molar-refractivity contribution < 1.29 is 39.5 Å². The van der Waals surface area contributed by atoms with Gasteiger partial charge in [-0.05, 0) is 0 Å². The van der Waals surface area contributed by atoms with Crippen LogP contribution in [0.4, 0.5) is 0 Å². The highest BCUT2D eigenvalue weighted by Crippen LogP contribution is 1.98. The van der Waals surface area contributed by atoms with Crippen molar-refractivity contribution >= 4 is 17.9 Å². The van der Waals surface area contributed by atoms with Gasteiger partial charge in [0.1, 0.15) is 12.6 Å². The molecule has 0 saturated carbocycles. The molecule has 0 amide bonds. The fourth-order valence-electron chi connectivity index (χ4n) is 0.593. The summed E-state index contributed by atoms with van der Waals surface area (Å²) < 4.78 is 4.18. The van der Waals surface area contributed by atoms with Gasteiger partial charge < -0.3 is 30.9 Å². The van der Waals surface area contributed by atoms with Gasteiger partial charge >= 0.3 is 17.9 Å². The normalized spacial score (nSPS) is 15.9. The third-order valence-corrected chi connectivity index (χ3v) is 1.52. The van der Waals surface area contributed by atoms with E-state index < -0.39 is 42.8 Å². The number of nitrogens with two attached hydrogens (primary N) is 1. The number of hydrogen-bond acceptors (Lipinski definition) is 7. The standard InChI is InChI=1S/C7H11NO8/c8-2(5(11)12)1-16-7(15)4(10)3(9)6(13)14/h2-4,9-10H,1,8H2,(H,11,12)(H,13,14). The van der Waals surface area contributed by atoms with Crippen LogP contribution in [0, 0.1) is 0 Å². The summed E-state index contributed by atoms with van der Waals surface area (Å²) in [6, 6.07) is -1.49. The van der Waals surface area contributed by atoms with Crippen molar-refractivity contribution in [1.82, 2.24) is 0 Å². The lowest BCUT2D eigenvalue weighted by molar-refractivity contribution is -0.170. The first-order valence-corrected chi connectivity index (χ1v) is 4.01. The van der Waals surface area contributed by atoms with Crippen molar-refractivity contribution in [2.45, 2.75) is 18.2 Å². The number of ether oxygens (including phenoxy) is 1. The predicted molar refractivity (Wildman–Crippen MR) is 46.2 cm³/mol. The molecule has 0 rings (SSSR count). The molecule has 0 spiro atoms. The summed E-state index contributed by atoms with van der Waals surface area (Å²) in [7, 11) is 0. The zero-order valence-corrected chi connectivity index (χ0v) is 7.94. The molecule has 9 heteroatoms. The Morgan fingerprint density at radius 1 is 1.06 bits per heavy atom. The summed E-state index contributed by atoms with van der Waals surface area (Å²) in [6.45, 7) is -0.739. The average molecular weight is 237 g/mol. The minimum atomic E-state index is -2.34. The van der Waals surface area contributed by atoms with Gasteiger partial charge in [0, 0.05) is 0 Å². The summed E-state index contributed by atoms with van der Waals surface area (Å²) in [5.74, 6) is -4.71. The molecule has 3 unspecified atom stereocenters. The number of hydrogen-bond donors (Lipinski definition) is 5.